The molecule has 3 aromatic rings. The zero-order chi connectivity index (χ0) is 36.4. The Balaban J connectivity index is 1.45. The number of halogens is 9. The smallest absolute Gasteiger partial charge is 0.258 e. The molecule has 0 spiro atoms. The van der Waals surface area contributed by atoms with Crippen LogP contribution in [0.25, 0.3) is 0 Å². The average molecular weight is 821 g/mol. The Kier molecular flexibility index (Phi) is 8.09. The molecule has 0 bridgehead atoms. The van der Waals surface area contributed by atoms with Crippen molar-refractivity contribution in [1.29, 1.82) is 0 Å². The number of phenols is 1. The fourth-order valence-electron chi connectivity index (χ4n) is 7.70. The molecule has 0 aromatic heterocycles. The van der Waals surface area contributed by atoms with E-state index in [9.17, 15) is 37.5 Å². The van der Waals surface area contributed by atoms with E-state index in [-0.39, 0.29) is 38.9 Å². The van der Waals surface area contributed by atoms with Crippen molar-refractivity contribution in [2.75, 3.05) is 16.9 Å². The van der Waals surface area contributed by atoms with Crippen LogP contribution in [0.2, 0.25) is 5.02 Å². The van der Waals surface area contributed by atoms with E-state index in [4.69, 9.17) is 39.5 Å². The number of amides is 4. The van der Waals surface area contributed by atoms with Crippen molar-refractivity contribution >= 4 is 85.7 Å². The maximum absolute atomic E-state index is 15.2. The number of hydrogen-bond donors (Lipinski definition) is 1. The van der Waals surface area contributed by atoms with E-state index in [0.29, 0.717) is 4.47 Å². The summed E-state index contributed by atoms with van der Waals surface area (Å²) in [5.74, 6) is -22.5. The van der Waals surface area contributed by atoms with E-state index in [1.165, 1.54) is 25.3 Å². The minimum Gasteiger partial charge on any atom is -0.503 e. The maximum atomic E-state index is 15.2. The van der Waals surface area contributed by atoms with Crippen molar-refractivity contribution in [2.45, 2.75) is 28.5 Å². The Morgan fingerprint density at radius 1 is 0.860 bits per heavy atom. The molecule has 17 heteroatoms. The molecular weight excluding hydrogens is 802 g/mol. The predicted octanol–water partition coefficient (Wildman–Crippen LogP) is 7.28. The highest BCUT2D eigenvalue weighted by Crippen LogP contribution is 2.66. The van der Waals surface area contributed by atoms with Crippen molar-refractivity contribution < 1.29 is 51.0 Å². The van der Waals surface area contributed by atoms with Gasteiger partial charge >= 0.3 is 0 Å². The fourth-order valence-corrected chi connectivity index (χ4v) is 9.12. The van der Waals surface area contributed by atoms with Crippen LogP contribution in [-0.4, -0.2) is 45.6 Å². The number of phenolic OH excluding ortho intramolecular Hbond substituents is 1. The Morgan fingerprint density at radius 3 is 2.06 bits per heavy atom. The third-order valence-electron chi connectivity index (χ3n) is 9.91. The van der Waals surface area contributed by atoms with Crippen LogP contribution in [0.1, 0.15) is 24.3 Å². The van der Waals surface area contributed by atoms with E-state index in [0.717, 1.165) is 11.0 Å². The number of imide groups is 2. The summed E-state index contributed by atoms with van der Waals surface area (Å²) in [6.45, 7) is 0. The van der Waals surface area contributed by atoms with Gasteiger partial charge in [0.2, 0.25) is 17.6 Å². The van der Waals surface area contributed by atoms with Crippen LogP contribution in [0.15, 0.2) is 52.5 Å². The topological polar surface area (TPSA) is 104 Å². The Morgan fingerprint density at radius 2 is 1.46 bits per heavy atom. The lowest BCUT2D eigenvalue weighted by Gasteiger charge is -2.50. The first-order chi connectivity index (χ1) is 23.5. The number of carbonyl (C=O) groups excluding carboxylic acids is 4. The Labute approximate surface area is 302 Å². The van der Waals surface area contributed by atoms with Crippen LogP contribution < -0.4 is 14.5 Å². The molecule has 1 saturated carbocycles. The SMILES string of the molecule is COc1cc(C2C3=CCC4C(=O)N(c5ccc(Br)cc5)C(=O)C4C3CC3(Cl)C(=O)N(c4c(F)c(F)c(F)c(F)c4F)C(=O)C23Cl)cc(Cl)c1O. The predicted molar refractivity (Wildman–Crippen MR) is 173 cm³/mol. The number of aromatic hydroxyl groups is 1. The van der Waals surface area contributed by atoms with Gasteiger partial charge in [0.05, 0.1) is 29.7 Å². The molecule has 260 valence electrons. The molecule has 6 atom stereocenters. The average Bonchev–Trinajstić information content (AvgIpc) is 3.42. The van der Waals surface area contributed by atoms with Crippen molar-refractivity contribution in [1.82, 2.24) is 0 Å². The van der Waals surface area contributed by atoms with Crippen LogP contribution in [0, 0.1) is 46.8 Å². The van der Waals surface area contributed by atoms with Crippen molar-refractivity contribution in [3.05, 3.63) is 92.2 Å². The van der Waals surface area contributed by atoms with Gasteiger partial charge in [-0.25, -0.2) is 26.9 Å². The molecule has 4 amide bonds. The summed E-state index contributed by atoms with van der Waals surface area (Å²) in [5, 5.41) is 10.2. The molecule has 0 radical (unpaired) electrons. The number of benzene rings is 3. The van der Waals surface area contributed by atoms with Gasteiger partial charge < -0.3 is 9.84 Å². The highest BCUT2D eigenvalue weighted by Gasteiger charge is 2.77. The lowest BCUT2D eigenvalue weighted by atomic mass is 9.56. The van der Waals surface area contributed by atoms with Gasteiger partial charge in [0.15, 0.2) is 44.5 Å². The molecule has 6 unspecified atom stereocenters. The molecule has 3 aromatic carbocycles. The van der Waals surface area contributed by atoms with Crippen LogP contribution in [-0.2, 0) is 19.2 Å². The first kappa shape index (κ1) is 34.7. The maximum Gasteiger partial charge on any atom is 0.258 e. The highest BCUT2D eigenvalue weighted by atomic mass is 79.9. The summed E-state index contributed by atoms with van der Waals surface area (Å²) in [7, 11) is 1.18. The number of fused-ring (bicyclic) bond motifs is 4. The van der Waals surface area contributed by atoms with Gasteiger partial charge in [0.1, 0.15) is 5.69 Å². The number of alkyl halides is 2. The third-order valence-corrected chi connectivity index (χ3v) is 12.1. The minimum absolute atomic E-state index is 0.0268. The van der Waals surface area contributed by atoms with Crippen molar-refractivity contribution in [3.63, 3.8) is 0 Å². The van der Waals surface area contributed by atoms with Gasteiger partial charge in [-0.2, -0.15) is 0 Å². The first-order valence-electron chi connectivity index (χ1n) is 14.7. The third kappa shape index (κ3) is 4.40. The Bertz CT molecular complexity index is 2090. The number of ether oxygens (including phenoxy) is 1. The normalized spacial score (nSPS) is 28.9. The second-order valence-corrected chi connectivity index (χ2v) is 14.8. The quantitative estimate of drug-likeness (QED) is 0.0742. The lowest BCUT2D eigenvalue weighted by Crippen LogP contribution is -2.60. The van der Waals surface area contributed by atoms with E-state index >= 15 is 8.78 Å². The van der Waals surface area contributed by atoms with Gasteiger partial charge in [0.25, 0.3) is 11.8 Å². The summed E-state index contributed by atoms with van der Waals surface area (Å²) < 4.78 is 79.2. The van der Waals surface area contributed by atoms with Crippen LogP contribution >= 0.6 is 50.7 Å². The van der Waals surface area contributed by atoms with Gasteiger partial charge in [-0.15, -0.1) is 23.2 Å². The van der Waals surface area contributed by atoms with Crippen LogP contribution in [0.4, 0.5) is 33.3 Å². The molecule has 2 heterocycles. The standard InChI is InChI=1S/C33H19BrCl3F5N2O6/c1-50-18-9-11(8-17(35)27(18)45)20-14-6-7-15-19(29(47)43(28(15)46)13-4-2-12(34)3-5-13)16(14)10-32(36)30(48)44(31(49)33(20,32)37)26-24(41)22(39)21(38)23(40)25(26)42/h2-6,8-9,15-16,19-20,45H,7,10H2,1H3. The van der Waals surface area contributed by atoms with Crippen LogP contribution in [0.3, 0.4) is 0 Å². The molecule has 4 aliphatic rings. The number of hydrogen-bond acceptors (Lipinski definition) is 6. The lowest BCUT2D eigenvalue weighted by molar-refractivity contribution is -0.125. The number of allylic oxidation sites excluding steroid dienone is 2. The molecule has 2 saturated heterocycles. The van der Waals surface area contributed by atoms with Gasteiger partial charge in [-0.05, 0) is 60.7 Å². The number of methoxy groups -OCH3 is 1. The molecule has 2 aliphatic heterocycles. The molecule has 2 aliphatic carbocycles. The van der Waals surface area contributed by atoms with E-state index < -0.39 is 104 Å². The van der Waals surface area contributed by atoms with Crippen molar-refractivity contribution in [2.24, 2.45) is 17.8 Å². The van der Waals surface area contributed by atoms with Gasteiger partial charge in [-0.1, -0.05) is 39.2 Å². The second-order valence-electron chi connectivity index (χ2n) is 12.2. The summed E-state index contributed by atoms with van der Waals surface area (Å²) in [6.07, 6.45) is 0.812. The van der Waals surface area contributed by atoms with Gasteiger partial charge in [0, 0.05) is 10.4 Å². The first-order valence-corrected chi connectivity index (χ1v) is 16.6. The molecular formula is C33H19BrCl3F5N2O6. The minimum atomic E-state index is -2.76. The molecule has 1 N–H and O–H groups in total. The molecule has 7 rings (SSSR count). The molecule has 8 nitrogen and oxygen atoms in total. The fraction of sp³-hybridized carbons (Fsp3) is 0.273. The summed E-state index contributed by atoms with van der Waals surface area (Å²) in [6, 6.07) is 8.67. The number of nitrogens with zero attached hydrogens (tertiary/aromatic N) is 2. The Hall–Kier alpha value is -3.72. The van der Waals surface area contributed by atoms with E-state index in [1.807, 2.05) is 0 Å². The van der Waals surface area contributed by atoms with E-state index in [2.05, 4.69) is 15.9 Å². The monoisotopic (exact) mass is 818 g/mol. The number of carbonyl (C=O) groups is 4. The van der Waals surface area contributed by atoms with E-state index in [1.54, 1.807) is 18.2 Å². The largest absolute Gasteiger partial charge is 0.503 e. The van der Waals surface area contributed by atoms with Gasteiger partial charge in [-0.3, -0.25) is 24.1 Å². The van der Waals surface area contributed by atoms with Crippen LogP contribution in [0.5, 0.6) is 11.5 Å². The zero-order valence-electron chi connectivity index (χ0n) is 25.0. The molecule has 50 heavy (non-hydrogen) atoms. The number of anilines is 2. The molecule has 3 fully saturated rings. The summed E-state index contributed by atoms with van der Waals surface area (Å²) in [5.41, 5.74) is -1.46. The zero-order valence-corrected chi connectivity index (χ0v) is 28.9. The summed E-state index contributed by atoms with van der Waals surface area (Å²) in [4.78, 5) is 51.8. The highest BCUT2D eigenvalue weighted by molar-refractivity contribution is 9.10. The second kappa shape index (κ2) is 11.7. The summed E-state index contributed by atoms with van der Waals surface area (Å²) >= 11 is 23.8. The number of rotatable bonds is 4. The van der Waals surface area contributed by atoms with Crippen molar-refractivity contribution in [3.8, 4) is 11.5 Å².